The number of hydrogen-bond donors (Lipinski definition) is 4. The van der Waals surface area contributed by atoms with Crippen LogP contribution in [-0.2, 0) is 16.0 Å². The Balaban J connectivity index is 1.74. The molecule has 4 N–H and O–H groups in total. The van der Waals surface area contributed by atoms with Crippen LogP contribution in [0.25, 0.3) is 0 Å². The third-order valence-electron chi connectivity index (χ3n) is 5.85. The molecule has 0 saturated heterocycles. The molecule has 1 atom stereocenters. The van der Waals surface area contributed by atoms with Crippen molar-refractivity contribution >= 4 is 11.8 Å². The first kappa shape index (κ1) is 25.1. The predicted octanol–water partition coefficient (Wildman–Crippen LogP) is 2.17. The Kier molecular flexibility index (Phi) is 12.0. The first-order chi connectivity index (χ1) is 15.2. The molecule has 0 aliphatic heterocycles. The number of para-hydroxylation sites is 1. The van der Waals surface area contributed by atoms with Gasteiger partial charge in [-0.2, -0.15) is 0 Å². The summed E-state index contributed by atoms with van der Waals surface area (Å²) >= 11 is 0. The average Bonchev–Trinajstić information content (AvgIpc) is 2.81. The lowest BCUT2D eigenvalue weighted by Crippen LogP contribution is -2.49. The Labute approximate surface area is 186 Å². The van der Waals surface area contributed by atoms with Crippen molar-refractivity contribution in [3.8, 4) is 5.75 Å². The monoisotopic (exact) mass is 433 g/mol. The molecule has 1 unspecified atom stereocenters. The summed E-state index contributed by atoms with van der Waals surface area (Å²) in [6, 6.07) is 7.81. The van der Waals surface area contributed by atoms with Crippen LogP contribution in [0.3, 0.4) is 0 Å². The van der Waals surface area contributed by atoms with E-state index in [1.54, 1.807) is 7.05 Å². The Hall–Kier alpha value is -2.12. The van der Waals surface area contributed by atoms with Crippen LogP contribution in [0.15, 0.2) is 24.3 Å². The third kappa shape index (κ3) is 9.27. The van der Waals surface area contributed by atoms with Crippen LogP contribution in [0.1, 0.15) is 56.9 Å². The minimum atomic E-state index is -0.154. The summed E-state index contributed by atoms with van der Waals surface area (Å²) in [6.45, 7) is 1.76. The Bertz CT molecular complexity index is 662. The van der Waals surface area contributed by atoms with E-state index >= 15 is 0 Å². The van der Waals surface area contributed by atoms with Gasteiger partial charge in [0.1, 0.15) is 12.4 Å². The molecule has 7 heteroatoms. The zero-order valence-corrected chi connectivity index (χ0v) is 18.8. The summed E-state index contributed by atoms with van der Waals surface area (Å²) in [4.78, 5) is 23.9. The maximum atomic E-state index is 12.3. The highest BCUT2D eigenvalue weighted by atomic mass is 16.5. The van der Waals surface area contributed by atoms with E-state index in [1.807, 2.05) is 24.3 Å². The van der Waals surface area contributed by atoms with Crippen LogP contribution in [0.4, 0.5) is 0 Å². The van der Waals surface area contributed by atoms with Gasteiger partial charge in [0.05, 0.1) is 6.04 Å². The Morgan fingerprint density at radius 2 is 1.90 bits per heavy atom. The van der Waals surface area contributed by atoms with Crippen LogP contribution >= 0.6 is 0 Å². The fraction of sp³-hybridized carbons (Fsp3) is 0.667. The van der Waals surface area contributed by atoms with Crippen LogP contribution in [0.5, 0.6) is 5.75 Å². The highest BCUT2D eigenvalue weighted by Gasteiger charge is 2.28. The van der Waals surface area contributed by atoms with Crippen molar-refractivity contribution < 1.29 is 19.4 Å². The molecule has 2 rings (SSSR count). The number of rotatable bonds is 14. The molecule has 0 spiro atoms. The van der Waals surface area contributed by atoms with E-state index in [9.17, 15) is 9.59 Å². The predicted molar refractivity (Wildman–Crippen MR) is 122 cm³/mol. The number of carbonyl (C=O) groups excluding carboxylic acids is 2. The highest BCUT2D eigenvalue weighted by molar-refractivity contribution is 5.81. The molecular weight excluding hydrogens is 394 g/mol. The number of hydrogen-bond acceptors (Lipinski definition) is 5. The molecule has 2 amide bonds. The van der Waals surface area contributed by atoms with Crippen molar-refractivity contribution in [3.05, 3.63) is 29.8 Å². The molecule has 0 heterocycles. The van der Waals surface area contributed by atoms with Crippen molar-refractivity contribution in [3.63, 3.8) is 0 Å². The number of aliphatic hydroxyl groups is 1. The lowest BCUT2D eigenvalue weighted by molar-refractivity contribution is -0.124. The molecule has 174 valence electrons. The summed E-state index contributed by atoms with van der Waals surface area (Å²) < 4.78 is 6.01. The van der Waals surface area contributed by atoms with Gasteiger partial charge in [0.2, 0.25) is 11.8 Å². The number of ether oxygens (including phenoxy) is 1. The van der Waals surface area contributed by atoms with Crippen molar-refractivity contribution in [2.45, 2.75) is 63.8 Å². The molecule has 7 nitrogen and oxygen atoms in total. The van der Waals surface area contributed by atoms with E-state index < -0.39 is 0 Å². The summed E-state index contributed by atoms with van der Waals surface area (Å²) in [5.41, 5.74) is 1.11. The first-order valence-corrected chi connectivity index (χ1v) is 11.7. The van der Waals surface area contributed by atoms with Crippen LogP contribution in [-0.4, -0.2) is 56.3 Å². The van der Waals surface area contributed by atoms with Crippen LogP contribution in [0.2, 0.25) is 0 Å². The van der Waals surface area contributed by atoms with E-state index in [0.29, 0.717) is 38.5 Å². The second-order valence-electron chi connectivity index (χ2n) is 8.18. The summed E-state index contributed by atoms with van der Waals surface area (Å²) in [5, 5.41) is 17.9. The van der Waals surface area contributed by atoms with E-state index in [4.69, 9.17) is 9.84 Å². The summed E-state index contributed by atoms with van der Waals surface area (Å²) in [5.74, 6) is 1.29. The van der Waals surface area contributed by atoms with E-state index in [-0.39, 0.29) is 24.5 Å². The van der Waals surface area contributed by atoms with Gasteiger partial charge in [-0.1, -0.05) is 37.5 Å². The topological polar surface area (TPSA) is 99.7 Å². The Morgan fingerprint density at radius 3 is 2.65 bits per heavy atom. The highest BCUT2D eigenvalue weighted by Crippen LogP contribution is 2.26. The minimum absolute atomic E-state index is 0.0201. The van der Waals surface area contributed by atoms with Gasteiger partial charge in [-0.15, -0.1) is 0 Å². The standard InChI is InChI=1S/C24H39N3O4/c1-25-24(30)23(20-10-3-2-4-11-20)27-16-18-31-21-13-6-5-9-19(21)12-7-15-26-22(29)14-8-17-28/h5-6,9,13,20,23,27-28H,2-4,7-8,10-12,14-18H2,1H3,(H,25,30)(H,26,29). The quantitative estimate of drug-likeness (QED) is 0.337. The van der Waals surface area contributed by atoms with Crippen LogP contribution < -0.4 is 20.7 Å². The van der Waals surface area contributed by atoms with Crippen molar-refractivity contribution in [2.24, 2.45) is 5.92 Å². The number of aryl methyl sites for hydroxylation is 1. The van der Waals surface area contributed by atoms with Gasteiger partial charge in [-0.25, -0.2) is 0 Å². The van der Waals surface area contributed by atoms with Gasteiger partial charge >= 0.3 is 0 Å². The molecule has 1 aliphatic rings. The molecule has 1 saturated carbocycles. The number of carbonyl (C=O) groups is 2. The Morgan fingerprint density at radius 1 is 1.13 bits per heavy atom. The fourth-order valence-corrected chi connectivity index (χ4v) is 4.16. The van der Waals surface area contributed by atoms with Gasteiger partial charge in [0.15, 0.2) is 0 Å². The molecule has 1 fully saturated rings. The van der Waals surface area contributed by atoms with Gasteiger partial charge in [0.25, 0.3) is 0 Å². The van der Waals surface area contributed by atoms with Crippen molar-refractivity contribution in [2.75, 3.05) is 33.4 Å². The zero-order valence-electron chi connectivity index (χ0n) is 18.8. The number of likely N-dealkylation sites (N-methyl/N-ethyl adjacent to an activating group) is 1. The molecule has 31 heavy (non-hydrogen) atoms. The molecule has 0 radical (unpaired) electrons. The van der Waals surface area contributed by atoms with Gasteiger partial charge in [-0.3, -0.25) is 9.59 Å². The minimum Gasteiger partial charge on any atom is -0.492 e. The summed E-state index contributed by atoms with van der Waals surface area (Å²) in [6.07, 6.45) is 8.37. The third-order valence-corrected chi connectivity index (χ3v) is 5.85. The van der Waals surface area contributed by atoms with E-state index in [0.717, 1.165) is 37.0 Å². The van der Waals surface area contributed by atoms with Crippen molar-refractivity contribution in [1.82, 2.24) is 16.0 Å². The molecular formula is C24H39N3O4. The number of amides is 2. The molecule has 0 bridgehead atoms. The van der Waals surface area contributed by atoms with Gasteiger partial charge < -0.3 is 25.8 Å². The van der Waals surface area contributed by atoms with Gasteiger partial charge in [0, 0.05) is 33.2 Å². The lowest BCUT2D eigenvalue weighted by atomic mass is 9.83. The SMILES string of the molecule is CNC(=O)C(NCCOc1ccccc1CCCNC(=O)CCCO)C1CCCCC1. The number of nitrogens with one attached hydrogen (secondary N) is 3. The van der Waals surface area contributed by atoms with Crippen molar-refractivity contribution in [1.29, 1.82) is 0 Å². The first-order valence-electron chi connectivity index (χ1n) is 11.7. The lowest BCUT2D eigenvalue weighted by Gasteiger charge is -2.29. The van der Waals surface area contributed by atoms with Crippen LogP contribution in [0, 0.1) is 5.92 Å². The molecule has 1 aromatic rings. The fourth-order valence-electron chi connectivity index (χ4n) is 4.16. The normalized spacial score (nSPS) is 15.3. The molecule has 1 aliphatic carbocycles. The van der Waals surface area contributed by atoms with Gasteiger partial charge in [-0.05, 0) is 49.7 Å². The molecule has 0 aromatic heterocycles. The maximum Gasteiger partial charge on any atom is 0.237 e. The summed E-state index contributed by atoms with van der Waals surface area (Å²) in [7, 11) is 1.70. The zero-order chi connectivity index (χ0) is 22.3. The smallest absolute Gasteiger partial charge is 0.237 e. The largest absolute Gasteiger partial charge is 0.492 e. The average molecular weight is 434 g/mol. The maximum absolute atomic E-state index is 12.3. The number of aliphatic hydroxyl groups excluding tert-OH is 1. The van der Waals surface area contributed by atoms with E-state index in [1.165, 1.54) is 19.3 Å². The second-order valence-corrected chi connectivity index (χ2v) is 8.18. The number of benzene rings is 1. The molecule has 1 aromatic carbocycles. The second kappa shape index (κ2) is 14.8. The van der Waals surface area contributed by atoms with E-state index in [2.05, 4.69) is 16.0 Å².